The van der Waals surface area contributed by atoms with Gasteiger partial charge in [-0.25, -0.2) is 4.39 Å². The van der Waals surface area contributed by atoms with Gasteiger partial charge in [-0.05, 0) is 29.8 Å². The number of aromatic hydroxyl groups is 1. The highest BCUT2D eigenvalue weighted by molar-refractivity contribution is 5.58. The number of rotatable bonds is 4. The summed E-state index contributed by atoms with van der Waals surface area (Å²) in [6.07, 6.45) is 0. The largest absolute Gasteiger partial charge is 0.505 e. The van der Waals surface area contributed by atoms with Gasteiger partial charge < -0.3 is 15.2 Å². The van der Waals surface area contributed by atoms with E-state index in [-0.39, 0.29) is 0 Å². The van der Waals surface area contributed by atoms with E-state index in [2.05, 4.69) is 5.32 Å². The molecule has 2 aromatic rings. The van der Waals surface area contributed by atoms with Crippen molar-refractivity contribution in [3.63, 3.8) is 0 Å². The lowest BCUT2D eigenvalue weighted by Crippen LogP contribution is -2.09. The monoisotopic (exact) mass is 272 g/mol. The molecule has 0 bridgehead atoms. The fourth-order valence-corrected chi connectivity index (χ4v) is 1.81. The van der Waals surface area contributed by atoms with Crippen LogP contribution in [0.25, 0.3) is 0 Å². The average molecular weight is 272 g/mol. The van der Waals surface area contributed by atoms with Gasteiger partial charge in [0.05, 0.1) is 18.9 Å². The molecule has 0 aliphatic carbocycles. The van der Waals surface area contributed by atoms with Crippen LogP contribution in [-0.2, 0) is 0 Å². The molecule has 2 N–H and O–H groups in total. The van der Waals surface area contributed by atoms with Crippen LogP contribution in [0.4, 0.5) is 10.1 Å². The van der Waals surface area contributed by atoms with Crippen LogP contribution < -0.4 is 10.1 Å². The predicted molar refractivity (Wildman–Crippen MR) is 73.0 cm³/mol. The Kier molecular flexibility index (Phi) is 4.06. The van der Waals surface area contributed by atoms with Crippen LogP contribution in [0.2, 0.25) is 0 Å². The zero-order chi connectivity index (χ0) is 14.5. The molecule has 4 nitrogen and oxygen atoms in total. The first-order valence-corrected chi connectivity index (χ1v) is 5.93. The fourth-order valence-electron chi connectivity index (χ4n) is 1.81. The summed E-state index contributed by atoms with van der Waals surface area (Å²) in [6.45, 7) is 0. The van der Waals surface area contributed by atoms with Crippen molar-refractivity contribution in [1.29, 1.82) is 5.26 Å². The zero-order valence-electron chi connectivity index (χ0n) is 10.8. The van der Waals surface area contributed by atoms with E-state index in [0.29, 0.717) is 17.0 Å². The first-order valence-electron chi connectivity index (χ1n) is 5.93. The lowest BCUT2D eigenvalue weighted by Gasteiger charge is -2.16. The Morgan fingerprint density at radius 2 is 2.05 bits per heavy atom. The van der Waals surface area contributed by atoms with Crippen molar-refractivity contribution >= 4 is 5.69 Å². The van der Waals surface area contributed by atoms with E-state index >= 15 is 0 Å². The van der Waals surface area contributed by atoms with Gasteiger partial charge in [0.1, 0.15) is 11.8 Å². The number of nitrogens with zero attached hydrogens (tertiary/aromatic N) is 1. The van der Waals surface area contributed by atoms with Crippen LogP contribution in [0.5, 0.6) is 11.5 Å². The van der Waals surface area contributed by atoms with E-state index < -0.39 is 17.6 Å². The Morgan fingerprint density at radius 3 is 2.70 bits per heavy atom. The summed E-state index contributed by atoms with van der Waals surface area (Å²) in [5, 5.41) is 21.4. The number of phenols is 1. The third-order valence-electron chi connectivity index (χ3n) is 2.84. The SMILES string of the molecule is COc1ccccc1NC(C#N)c1ccc(O)c(F)c1. The summed E-state index contributed by atoms with van der Waals surface area (Å²) in [6, 6.07) is 12.3. The van der Waals surface area contributed by atoms with Crippen LogP contribution in [0.15, 0.2) is 42.5 Å². The van der Waals surface area contributed by atoms with Gasteiger partial charge in [0, 0.05) is 0 Å². The van der Waals surface area contributed by atoms with Crippen LogP contribution in [0, 0.1) is 17.1 Å². The lowest BCUT2D eigenvalue weighted by atomic mass is 10.1. The average Bonchev–Trinajstić information content (AvgIpc) is 2.48. The van der Waals surface area contributed by atoms with E-state index in [9.17, 15) is 14.8 Å². The minimum Gasteiger partial charge on any atom is -0.505 e. The van der Waals surface area contributed by atoms with Gasteiger partial charge in [-0.2, -0.15) is 5.26 Å². The number of para-hydroxylation sites is 2. The predicted octanol–water partition coefficient (Wildman–Crippen LogP) is 3.22. The molecule has 0 heterocycles. The van der Waals surface area contributed by atoms with Crippen molar-refractivity contribution < 1.29 is 14.2 Å². The van der Waals surface area contributed by atoms with Crippen LogP contribution in [0.3, 0.4) is 0 Å². The molecule has 2 rings (SSSR count). The highest BCUT2D eigenvalue weighted by atomic mass is 19.1. The molecule has 0 saturated carbocycles. The number of halogens is 1. The van der Waals surface area contributed by atoms with E-state index in [1.54, 1.807) is 18.2 Å². The van der Waals surface area contributed by atoms with Crippen molar-refractivity contribution in [3.8, 4) is 17.6 Å². The molecule has 0 saturated heterocycles. The molecule has 20 heavy (non-hydrogen) atoms. The summed E-state index contributed by atoms with van der Waals surface area (Å²) in [5.41, 5.74) is 1.06. The summed E-state index contributed by atoms with van der Waals surface area (Å²) in [5.74, 6) is -0.612. The van der Waals surface area contributed by atoms with E-state index in [0.717, 1.165) is 6.07 Å². The molecule has 2 aromatic carbocycles. The van der Waals surface area contributed by atoms with Crippen molar-refractivity contribution in [2.45, 2.75) is 6.04 Å². The van der Waals surface area contributed by atoms with Crippen molar-refractivity contribution in [1.82, 2.24) is 0 Å². The standard InChI is InChI=1S/C15H13FN2O2/c1-20-15-5-3-2-4-12(15)18-13(9-17)10-6-7-14(19)11(16)8-10/h2-8,13,18-19H,1H3. The second kappa shape index (κ2) is 5.93. The Balaban J connectivity index is 2.29. The summed E-state index contributed by atoms with van der Waals surface area (Å²) >= 11 is 0. The Labute approximate surface area is 116 Å². The minimum atomic E-state index is -0.760. The second-order valence-corrected chi connectivity index (χ2v) is 4.12. The number of nitriles is 1. The molecule has 0 aliphatic heterocycles. The molecule has 0 amide bonds. The maximum Gasteiger partial charge on any atom is 0.165 e. The van der Waals surface area contributed by atoms with E-state index in [1.165, 1.54) is 19.2 Å². The van der Waals surface area contributed by atoms with Gasteiger partial charge in [-0.15, -0.1) is 0 Å². The zero-order valence-corrected chi connectivity index (χ0v) is 10.8. The van der Waals surface area contributed by atoms with Gasteiger partial charge in [-0.1, -0.05) is 18.2 Å². The molecule has 0 fully saturated rings. The Hall–Kier alpha value is -2.74. The molecule has 0 aromatic heterocycles. The molecule has 5 heteroatoms. The fraction of sp³-hybridized carbons (Fsp3) is 0.133. The molecule has 0 aliphatic rings. The number of ether oxygens (including phenoxy) is 1. The molecule has 0 radical (unpaired) electrons. The van der Waals surface area contributed by atoms with Gasteiger partial charge in [0.2, 0.25) is 0 Å². The number of anilines is 1. The molecule has 1 atom stereocenters. The van der Waals surface area contributed by atoms with Gasteiger partial charge >= 0.3 is 0 Å². The van der Waals surface area contributed by atoms with Crippen molar-refractivity contribution in [2.75, 3.05) is 12.4 Å². The summed E-state index contributed by atoms with van der Waals surface area (Å²) in [7, 11) is 1.53. The number of benzene rings is 2. The molecular weight excluding hydrogens is 259 g/mol. The maximum absolute atomic E-state index is 13.3. The van der Waals surface area contributed by atoms with Crippen molar-refractivity contribution in [2.24, 2.45) is 0 Å². The van der Waals surface area contributed by atoms with Crippen LogP contribution in [-0.4, -0.2) is 12.2 Å². The Morgan fingerprint density at radius 1 is 1.30 bits per heavy atom. The summed E-state index contributed by atoms with van der Waals surface area (Å²) in [4.78, 5) is 0. The van der Waals surface area contributed by atoms with Crippen LogP contribution >= 0.6 is 0 Å². The minimum absolute atomic E-state index is 0.425. The topological polar surface area (TPSA) is 65.3 Å². The van der Waals surface area contributed by atoms with Gasteiger partial charge in [0.25, 0.3) is 0 Å². The summed E-state index contributed by atoms with van der Waals surface area (Å²) < 4.78 is 18.5. The quantitative estimate of drug-likeness (QED) is 0.897. The normalized spacial score (nSPS) is 11.4. The number of nitrogens with one attached hydrogen (secondary N) is 1. The third-order valence-corrected chi connectivity index (χ3v) is 2.84. The van der Waals surface area contributed by atoms with Gasteiger partial charge in [-0.3, -0.25) is 0 Å². The van der Waals surface area contributed by atoms with Crippen LogP contribution in [0.1, 0.15) is 11.6 Å². The molecular formula is C15H13FN2O2. The van der Waals surface area contributed by atoms with Gasteiger partial charge in [0.15, 0.2) is 11.6 Å². The molecule has 102 valence electrons. The first-order chi connectivity index (χ1) is 9.65. The highest BCUT2D eigenvalue weighted by Gasteiger charge is 2.14. The lowest BCUT2D eigenvalue weighted by molar-refractivity contribution is 0.416. The number of hydrogen-bond acceptors (Lipinski definition) is 4. The molecule has 1 unspecified atom stereocenters. The number of methoxy groups -OCH3 is 1. The number of hydrogen-bond donors (Lipinski definition) is 2. The third kappa shape index (κ3) is 2.81. The first kappa shape index (κ1) is 13.7. The number of phenolic OH excluding ortho intramolecular Hbond substituents is 1. The molecule has 0 spiro atoms. The highest BCUT2D eigenvalue weighted by Crippen LogP contribution is 2.28. The second-order valence-electron chi connectivity index (χ2n) is 4.12. The van der Waals surface area contributed by atoms with Crippen molar-refractivity contribution in [3.05, 3.63) is 53.8 Å². The van der Waals surface area contributed by atoms with E-state index in [4.69, 9.17) is 4.74 Å². The smallest absolute Gasteiger partial charge is 0.165 e. The Bertz CT molecular complexity index is 653. The van der Waals surface area contributed by atoms with E-state index in [1.807, 2.05) is 12.1 Å². The maximum atomic E-state index is 13.3.